The van der Waals surface area contributed by atoms with Crippen molar-refractivity contribution in [1.82, 2.24) is 15.0 Å². The van der Waals surface area contributed by atoms with Gasteiger partial charge in [-0.15, -0.1) is 0 Å². The third-order valence-electron chi connectivity index (χ3n) is 3.82. The minimum atomic E-state index is -0.277. The van der Waals surface area contributed by atoms with E-state index in [9.17, 15) is 0 Å². The molecule has 3 rings (SSSR count). The highest BCUT2D eigenvalue weighted by atomic mass is 15.5. The Balaban J connectivity index is 1.97. The molecule has 0 atom stereocenters. The molecule has 3 heteroatoms. The van der Waals surface area contributed by atoms with Crippen LogP contribution in [-0.2, 0) is 5.54 Å². The Hall–Kier alpha value is -2.42. The molecule has 3 nitrogen and oxygen atoms in total. The minimum Gasteiger partial charge on any atom is -0.174 e. The molecule has 0 bridgehead atoms. The fourth-order valence-electron chi connectivity index (χ4n) is 2.35. The summed E-state index contributed by atoms with van der Waals surface area (Å²) in [5, 5.41) is 9.13. The number of hydrogen-bond acceptors (Lipinski definition) is 2. The predicted molar refractivity (Wildman–Crippen MR) is 85.1 cm³/mol. The van der Waals surface area contributed by atoms with Gasteiger partial charge in [-0.1, -0.05) is 60.2 Å². The van der Waals surface area contributed by atoms with Crippen LogP contribution in [0, 0.1) is 6.92 Å². The van der Waals surface area contributed by atoms with Gasteiger partial charge in [0.15, 0.2) is 0 Å². The lowest BCUT2D eigenvalue weighted by atomic mass is 9.94. The fraction of sp³-hybridized carbons (Fsp3) is 0.222. The minimum absolute atomic E-state index is 0.277. The summed E-state index contributed by atoms with van der Waals surface area (Å²) in [4.78, 5) is 1.79. The smallest absolute Gasteiger partial charge is 0.113 e. The maximum atomic E-state index is 4.66. The van der Waals surface area contributed by atoms with Gasteiger partial charge in [0.1, 0.15) is 11.2 Å². The van der Waals surface area contributed by atoms with Crippen molar-refractivity contribution >= 4 is 0 Å². The van der Waals surface area contributed by atoms with Crippen LogP contribution in [-0.4, -0.2) is 15.0 Å². The van der Waals surface area contributed by atoms with Gasteiger partial charge in [0, 0.05) is 5.56 Å². The zero-order valence-electron chi connectivity index (χ0n) is 12.6. The van der Waals surface area contributed by atoms with Crippen molar-refractivity contribution in [3.05, 3.63) is 71.9 Å². The molecule has 0 aliphatic rings. The van der Waals surface area contributed by atoms with Crippen LogP contribution in [0.4, 0.5) is 0 Å². The molecule has 0 radical (unpaired) electrons. The summed E-state index contributed by atoms with van der Waals surface area (Å²) in [5.41, 5.74) is 4.16. The van der Waals surface area contributed by atoms with Crippen molar-refractivity contribution in [2.75, 3.05) is 0 Å². The first kappa shape index (κ1) is 13.6. The molecular formula is C18H19N3. The van der Waals surface area contributed by atoms with E-state index in [4.69, 9.17) is 0 Å². The van der Waals surface area contributed by atoms with Crippen molar-refractivity contribution < 1.29 is 0 Å². The lowest BCUT2D eigenvalue weighted by Gasteiger charge is -2.24. The molecule has 0 unspecified atom stereocenters. The van der Waals surface area contributed by atoms with E-state index >= 15 is 0 Å². The molecule has 0 fully saturated rings. The number of aryl methyl sites for hydroxylation is 1. The standard InChI is InChI=1S/C18H19N3/c1-14-9-11-16(12-10-14)18(2,3)21-19-13-17(20-21)15-7-5-4-6-8-15/h4-13H,1-3H3. The summed E-state index contributed by atoms with van der Waals surface area (Å²) in [5.74, 6) is 0. The highest BCUT2D eigenvalue weighted by molar-refractivity contribution is 5.57. The van der Waals surface area contributed by atoms with E-state index in [2.05, 4.69) is 55.2 Å². The second-order valence-corrected chi connectivity index (χ2v) is 5.81. The van der Waals surface area contributed by atoms with Crippen LogP contribution in [0.2, 0.25) is 0 Å². The third-order valence-corrected chi connectivity index (χ3v) is 3.82. The fourth-order valence-corrected chi connectivity index (χ4v) is 2.35. The molecule has 21 heavy (non-hydrogen) atoms. The summed E-state index contributed by atoms with van der Waals surface area (Å²) in [7, 11) is 0. The Morgan fingerprint density at radius 1 is 0.905 bits per heavy atom. The Bertz CT molecular complexity index is 725. The van der Waals surface area contributed by atoms with Gasteiger partial charge in [-0.25, -0.2) is 0 Å². The highest BCUT2D eigenvalue weighted by Gasteiger charge is 2.25. The Morgan fingerprint density at radius 2 is 1.57 bits per heavy atom. The second kappa shape index (κ2) is 5.17. The molecule has 0 aliphatic carbocycles. The van der Waals surface area contributed by atoms with E-state index in [1.165, 1.54) is 11.1 Å². The van der Waals surface area contributed by atoms with Gasteiger partial charge in [-0.05, 0) is 26.3 Å². The summed E-state index contributed by atoms with van der Waals surface area (Å²) in [6.07, 6.45) is 1.82. The van der Waals surface area contributed by atoms with Crippen LogP contribution in [0.15, 0.2) is 60.8 Å². The third kappa shape index (κ3) is 2.59. The van der Waals surface area contributed by atoms with Crippen molar-refractivity contribution in [2.45, 2.75) is 26.3 Å². The summed E-state index contributed by atoms with van der Waals surface area (Å²) >= 11 is 0. The van der Waals surface area contributed by atoms with E-state index in [-0.39, 0.29) is 5.54 Å². The van der Waals surface area contributed by atoms with Crippen molar-refractivity contribution in [3.63, 3.8) is 0 Å². The topological polar surface area (TPSA) is 30.7 Å². The number of aromatic nitrogens is 3. The maximum absolute atomic E-state index is 4.66. The number of hydrogen-bond donors (Lipinski definition) is 0. The van der Waals surface area contributed by atoms with E-state index in [1.807, 2.05) is 36.5 Å². The van der Waals surface area contributed by atoms with E-state index in [0.29, 0.717) is 0 Å². The van der Waals surface area contributed by atoms with Crippen LogP contribution in [0.25, 0.3) is 11.3 Å². The number of nitrogens with zero attached hydrogens (tertiary/aromatic N) is 3. The second-order valence-electron chi connectivity index (χ2n) is 5.81. The molecule has 106 valence electrons. The molecule has 0 saturated carbocycles. The van der Waals surface area contributed by atoms with Crippen LogP contribution in [0.1, 0.15) is 25.0 Å². The largest absolute Gasteiger partial charge is 0.174 e. The van der Waals surface area contributed by atoms with Gasteiger partial charge in [0.25, 0.3) is 0 Å². The molecule has 0 saturated heterocycles. The zero-order chi connectivity index (χ0) is 14.9. The van der Waals surface area contributed by atoms with Crippen LogP contribution < -0.4 is 0 Å². The summed E-state index contributed by atoms with van der Waals surface area (Å²) in [6.45, 7) is 6.36. The first-order valence-electron chi connectivity index (χ1n) is 7.13. The molecule has 0 aliphatic heterocycles. The Kier molecular flexibility index (Phi) is 3.34. The molecular weight excluding hydrogens is 258 g/mol. The van der Waals surface area contributed by atoms with E-state index in [0.717, 1.165) is 11.3 Å². The molecule has 0 spiro atoms. The van der Waals surface area contributed by atoms with Crippen molar-refractivity contribution in [1.29, 1.82) is 0 Å². The van der Waals surface area contributed by atoms with E-state index < -0.39 is 0 Å². The SMILES string of the molecule is Cc1ccc(C(C)(C)n2ncc(-c3ccccc3)n2)cc1. The zero-order valence-corrected chi connectivity index (χ0v) is 12.6. The first-order valence-corrected chi connectivity index (χ1v) is 7.13. The number of benzene rings is 2. The lowest BCUT2D eigenvalue weighted by molar-refractivity contribution is 0.344. The van der Waals surface area contributed by atoms with Crippen LogP contribution >= 0.6 is 0 Å². The van der Waals surface area contributed by atoms with Gasteiger partial charge in [-0.2, -0.15) is 15.0 Å². The number of rotatable bonds is 3. The maximum Gasteiger partial charge on any atom is 0.113 e. The van der Waals surface area contributed by atoms with Gasteiger partial charge < -0.3 is 0 Å². The van der Waals surface area contributed by atoms with Gasteiger partial charge >= 0.3 is 0 Å². The molecule has 1 aromatic heterocycles. The normalized spacial score (nSPS) is 11.6. The summed E-state index contributed by atoms with van der Waals surface area (Å²) < 4.78 is 0. The van der Waals surface area contributed by atoms with Crippen molar-refractivity contribution in [3.8, 4) is 11.3 Å². The molecule has 0 amide bonds. The van der Waals surface area contributed by atoms with Crippen molar-refractivity contribution in [2.24, 2.45) is 0 Å². The highest BCUT2D eigenvalue weighted by Crippen LogP contribution is 2.25. The summed E-state index contributed by atoms with van der Waals surface area (Å²) in [6, 6.07) is 18.7. The average Bonchev–Trinajstić information content (AvgIpc) is 2.99. The van der Waals surface area contributed by atoms with Crippen LogP contribution in [0.3, 0.4) is 0 Å². The van der Waals surface area contributed by atoms with Gasteiger partial charge in [-0.3, -0.25) is 0 Å². The molecule has 3 aromatic rings. The Labute approximate surface area is 125 Å². The van der Waals surface area contributed by atoms with Gasteiger partial charge in [0.05, 0.1) is 6.20 Å². The molecule has 1 heterocycles. The Morgan fingerprint density at radius 3 is 2.24 bits per heavy atom. The molecule has 2 aromatic carbocycles. The monoisotopic (exact) mass is 277 g/mol. The quantitative estimate of drug-likeness (QED) is 0.723. The van der Waals surface area contributed by atoms with Crippen LogP contribution in [0.5, 0.6) is 0 Å². The first-order chi connectivity index (χ1) is 10.1. The van der Waals surface area contributed by atoms with Gasteiger partial charge in [0.2, 0.25) is 0 Å². The van der Waals surface area contributed by atoms with E-state index in [1.54, 1.807) is 4.80 Å². The lowest BCUT2D eigenvalue weighted by Crippen LogP contribution is -2.30. The predicted octanol–water partition coefficient (Wildman–Crippen LogP) is 4.04. The average molecular weight is 277 g/mol. The molecule has 0 N–H and O–H groups in total.